The number of nitrogens with one attached hydrogen (secondary N) is 1. The minimum atomic E-state index is -4.44. The average molecular weight is 282 g/mol. The number of carbonyl (C=O) groups is 2. The number of rotatable bonds is 3. The van der Waals surface area contributed by atoms with Crippen molar-refractivity contribution in [3.05, 3.63) is 0 Å². The molecular weight excluding hydrogens is 265 g/mol. The molecule has 0 saturated carbocycles. The normalized spacial score (nSPS) is 20.0. The van der Waals surface area contributed by atoms with Gasteiger partial charge in [-0.2, -0.15) is 13.2 Å². The van der Waals surface area contributed by atoms with Gasteiger partial charge >= 0.3 is 18.2 Å². The lowest BCUT2D eigenvalue weighted by atomic mass is 10.00. The van der Waals surface area contributed by atoms with E-state index in [9.17, 15) is 22.8 Å². The Bertz CT molecular complexity index is 334. The molecule has 0 spiro atoms. The van der Waals surface area contributed by atoms with E-state index in [2.05, 4.69) is 4.74 Å². The molecule has 1 aliphatic rings. The van der Waals surface area contributed by atoms with E-state index in [-0.39, 0.29) is 6.42 Å². The van der Waals surface area contributed by atoms with Crippen LogP contribution in [0.15, 0.2) is 0 Å². The number of likely N-dealkylation sites (tertiary alicyclic amines) is 1. The first-order chi connectivity index (χ1) is 8.83. The Hall–Kier alpha value is -1.47. The van der Waals surface area contributed by atoms with Crippen molar-refractivity contribution in [3.63, 3.8) is 0 Å². The third-order valence-corrected chi connectivity index (χ3v) is 2.96. The number of hydrogen-bond donors (Lipinski definition) is 1. The van der Waals surface area contributed by atoms with Crippen LogP contribution in [-0.4, -0.2) is 49.3 Å². The summed E-state index contributed by atoms with van der Waals surface area (Å²) in [7, 11) is 1.24. The van der Waals surface area contributed by atoms with E-state index in [0.717, 1.165) is 12.8 Å². The number of nitrogens with zero attached hydrogens (tertiary/aromatic N) is 1. The fourth-order valence-electron chi connectivity index (χ4n) is 2.03. The molecule has 2 amide bonds. The van der Waals surface area contributed by atoms with E-state index in [4.69, 9.17) is 0 Å². The third-order valence-electron chi connectivity index (χ3n) is 2.96. The highest BCUT2D eigenvalue weighted by atomic mass is 19.4. The second kappa shape index (κ2) is 6.63. The van der Waals surface area contributed by atoms with Crippen LogP contribution in [0.3, 0.4) is 0 Å². The summed E-state index contributed by atoms with van der Waals surface area (Å²) in [5.74, 6) is -0.472. The molecular formula is C11H17F3N2O3. The van der Waals surface area contributed by atoms with Crippen molar-refractivity contribution in [1.29, 1.82) is 0 Å². The Kier molecular flexibility index (Phi) is 5.44. The Morgan fingerprint density at radius 1 is 1.37 bits per heavy atom. The first-order valence-electron chi connectivity index (χ1n) is 6.01. The summed E-state index contributed by atoms with van der Waals surface area (Å²) in [6.45, 7) is -1.02. The summed E-state index contributed by atoms with van der Waals surface area (Å²) in [5, 5.41) is 1.82. The summed E-state index contributed by atoms with van der Waals surface area (Å²) in [4.78, 5) is 24.2. The zero-order chi connectivity index (χ0) is 14.5. The zero-order valence-electron chi connectivity index (χ0n) is 10.6. The van der Waals surface area contributed by atoms with Crippen LogP contribution in [-0.2, 0) is 9.53 Å². The first-order valence-corrected chi connectivity index (χ1v) is 6.01. The standard InChI is InChI=1S/C11H17F3N2O3/c1-19-9(17)6-8-4-2-3-5-16(8)10(18)15-7-11(12,13)14/h8H,2-7H2,1H3,(H,15,18). The van der Waals surface area contributed by atoms with Crippen LogP contribution >= 0.6 is 0 Å². The summed E-state index contributed by atoms with van der Waals surface area (Å²) in [6.07, 6.45) is -2.28. The first kappa shape index (κ1) is 15.6. The topological polar surface area (TPSA) is 58.6 Å². The second-order valence-electron chi connectivity index (χ2n) is 4.40. The highest BCUT2D eigenvalue weighted by Gasteiger charge is 2.32. The van der Waals surface area contributed by atoms with Gasteiger partial charge in [-0.05, 0) is 19.3 Å². The predicted molar refractivity (Wildman–Crippen MR) is 60.4 cm³/mol. The summed E-state index contributed by atoms with van der Waals surface area (Å²) < 4.78 is 40.6. The number of halogens is 3. The molecule has 1 rings (SSSR count). The molecule has 0 radical (unpaired) electrons. The minimum Gasteiger partial charge on any atom is -0.469 e. The average Bonchev–Trinajstić information content (AvgIpc) is 2.35. The van der Waals surface area contributed by atoms with Crippen molar-refractivity contribution < 1.29 is 27.5 Å². The van der Waals surface area contributed by atoms with Crippen LogP contribution in [0.4, 0.5) is 18.0 Å². The lowest BCUT2D eigenvalue weighted by Crippen LogP contribution is -2.51. The fraction of sp³-hybridized carbons (Fsp3) is 0.818. The summed E-state index contributed by atoms with van der Waals surface area (Å²) in [6, 6.07) is -1.18. The van der Waals surface area contributed by atoms with Gasteiger partial charge in [0.1, 0.15) is 6.54 Å². The van der Waals surface area contributed by atoms with Crippen LogP contribution in [0, 0.1) is 0 Å². The van der Waals surface area contributed by atoms with E-state index < -0.39 is 30.8 Å². The SMILES string of the molecule is COC(=O)CC1CCCCN1C(=O)NCC(F)(F)F. The lowest BCUT2D eigenvalue weighted by molar-refractivity contribution is -0.142. The number of ether oxygens (including phenoxy) is 1. The van der Waals surface area contributed by atoms with Crippen LogP contribution in [0.5, 0.6) is 0 Å². The van der Waals surface area contributed by atoms with Crippen molar-refractivity contribution >= 4 is 12.0 Å². The summed E-state index contributed by atoms with van der Waals surface area (Å²) in [5.41, 5.74) is 0. The monoisotopic (exact) mass is 282 g/mol. The van der Waals surface area contributed by atoms with E-state index in [1.807, 2.05) is 5.32 Å². The maximum Gasteiger partial charge on any atom is 0.405 e. The van der Waals surface area contributed by atoms with Crippen molar-refractivity contribution in [2.24, 2.45) is 0 Å². The zero-order valence-corrected chi connectivity index (χ0v) is 10.6. The van der Waals surface area contributed by atoms with Gasteiger partial charge in [0.2, 0.25) is 0 Å². The molecule has 0 aromatic heterocycles. The number of esters is 1. The van der Waals surface area contributed by atoms with Gasteiger partial charge in [-0.25, -0.2) is 4.79 Å². The number of carbonyl (C=O) groups excluding carboxylic acids is 2. The Balaban J connectivity index is 2.55. The van der Waals surface area contributed by atoms with Gasteiger partial charge in [-0.1, -0.05) is 0 Å². The molecule has 1 atom stereocenters. The molecule has 0 aliphatic carbocycles. The number of hydrogen-bond acceptors (Lipinski definition) is 3. The molecule has 1 unspecified atom stereocenters. The van der Waals surface area contributed by atoms with Gasteiger partial charge in [0.15, 0.2) is 0 Å². The smallest absolute Gasteiger partial charge is 0.405 e. The second-order valence-corrected chi connectivity index (χ2v) is 4.40. The maximum atomic E-state index is 12.0. The molecule has 1 saturated heterocycles. The van der Waals surface area contributed by atoms with Gasteiger partial charge in [-0.15, -0.1) is 0 Å². The Morgan fingerprint density at radius 2 is 2.05 bits per heavy atom. The third kappa shape index (κ3) is 5.35. The molecule has 0 aromatic carbocycles. The van der Waals surface area contributed by atoms with Gasteiger partial charge in [0.25, 0.3) is 0 Å². The molecule has 1 N–H and O–H groups in total. The van der Waals surface area contributed by atoms with E-state index in [0.29, 0.717) is 13.0 Å². The van der Waals surface area contributed by atoms with Gasteiger partial charge in [0, 0.05) is 12.6 Å². The molecule has 0 aromatic rings. The van der Waals surface area contributed by atoms with Gasteiger partial charge < -0.3 is 15.0 Å². The number of urea groups is 1. The molecule has 1 aliphatic heterocycles. The van der Waals surface area contributed by atoms with E-state index in [1.54, 1.807) is 0 Å². The molecule has 110 valence electrons. The predicted octanol–water partition coefficient (Wildman–Crippen LogP) is 1.68. The Morgan fingerprint density at radius 3 is 2.63 bits per heavy atom. The minimum absolute atomic E-state index is 0.00986. The number of alkyl halides is 3. The molecule has 5 nitrogen and oxygen atoms in total. The fourth-order valence-corrected chi connectivity index (χ4v) is 2.03. The van der Waals surface area contributed by atoms with Gasteiger partial charge in [-0.3, -0.25) is 4.79 Å². The van der Waals surface area contributed by atoms with Crippen LogP contribution in [0.1, 0.15) is 25.7 Å². The quantitative estimate of drug-likeness (QED) is 0.801. The van der Waals surface area contributed by atoms with Crippen molar-refractivity contribution in [2.45, 2.75) is 37.9 Å². The van der Waals surface area contributed by atoms with Crippen LogP contribution < -0.4 is 5.32 Å². The van der Waals surface area contributed by atoms with Crippen molar-refractivity contribution in [3.8, 4) is 0 Å². The maximum absolute atomic E-state index is 12.0. The number of methoxy groups -OCH3 is 1. The lowest BCUT2D eigenvalue weighted by Gasteiger charge is -2.35. The van der Waals surface area contributed by atoms with Crippen LogP contribution in [0.2, 0.25) is 0 Å². The highest BCUT2D eigenvalue weighted by Crippen LogP contribution is 2.20. The van der Waals surface area contributed by atoms with Crippen molar-refractivity contribution in [2.75, 3.05) is 20.2 Å². The molecule has 19 heavy (non-hydrogen) atoms. The number of amides is 2. The highest BCUT2D eigenvalue weighted by molar-refractivity contribution is 5.76. The summed E-state index contributed by atoms with van der Waals surface area (Å²) >= 11 is 0. The van der Waals surface area contributed by atoms with E-state index in [1.165, 1.54) is 12.0 Å². The van der Waals surface area contributed by atoms with Crippen molar-refractivity contribution in [1.82, 2.24) is 10.2 Å². The van der Waals surface area contributed by atoms with Crippen LogP contribution in [0.25, 0.3) is 0 Å². The molecule has 1 heterocycles. The number of piperidine rings is 1. The largest absolute Gasteiger partial charge is 0.469 e. The molecule has 8 heteroatoms. The van der Waals surface area contributed by atoms with Gasteiger partial charge in [0.05, 0.1) is 13.5 Å². The van der Waals surface area contributed by atoms with E-state index >= 15 is 0 Å². The molecule has 1 fully saturated rings. The Labute approximate surface area is 109 Å². The molecule has 0 bridgehead atoms.